The predicted octanol–water partition coefficient (Wildman–Crippen LogP) is 11.7. The molecule has 0 aliphatic carbocycles. The van der Waals surface area contributed by atoms with E-state index >= 15 is 0 Å². The summed E-state index contributed by atoms with van der Waals surface area (Å²) in [6.45, 7) is 11.0. The van der Waals surface area contributed by atoms with Crippen LogP contribution in [0.2, 0.25) is 0 Å². The van der Waals surface area contributed by atoms with E-state index in [1.807, 2.05) is 52.2 Å². The van der Waals surface area contributed by atoms with Crippen LogP contribution in [0.25, 0.3) is 67.9 Å². The fourth-order valence-electron chi connectivity index (χ4n) is 7.62. The Labute approximate surface area is 310 Å². The lowest BCUT2D eigenvalue weighted by atomic mass is 10.00. The van der Waals surface area contributed by atoms with Gasteiger partial charge in [0.25, 0.3) is 5.79 Å². The Kier molecular flexibility index (Phi) is 9.09. The van der Waals surface area contributed by atoms with Gasteiger partial charge >= 0.3 is 11.9 Å². The Bertz CT molecular complexity index is 2480. The van der Waals surface area contributed by atoms with Crippen molar-refractivity contribution in [2.75, 3.05) is 0 Å². The van der Waals surface area contributed by atoms with Crippen molar-refractivity contribution in [1.29, 1.82) is 0 Å². The molecule has 8 rings (SSSR count). The summed E-state index contributed by atoms with van der Waals surface area (Å²) in [5, 5.41) is 3.29. The van der Waals surface area contributed by atoms with E-state index in [4.69, 9.17) is 9.47 Å². The third-order valence-corrected chi connectivity index (χ3v) is 14.0. The summed E-state index contributed by atoms with van der Waals surface area (Å²) in [4.78, 5) is 34.7. The van der Waals surface area contributed by atoms with E-state index in [0.29, 0.717) is 5.35 Å². The molecular weight excluding hydrogens is 693 g/mol. The first-order valence-corrected chi connectivity index (χ1v) is 20.8. The van der Waals surface area contributed by atoms with Crippen LogP contribution in [-0.2, 0) is 32.0 Å². The van der Waals surface area contributed by atoms with Crippen LogP contribution in [0.15, 0.2) is 48.5 Å². The number of carbonyl (C=O) groups is 2. The average Bonchev–Trinajstić information content (AvgIpc) is 3.90. The molecule has 1 saturated heterocycles. The summed E-state index contributed by atoms with van der Waals surface area (Å²) >= 11 is 5.79. The average molecular weight is 737 g/mol. The van der Waals surface area contributed by atoms with Crippen LogP contribution in [0.1, 0.15) is 89.5 Å². The number of aryl methyl sites for hydroxylation is 3. The van der Waals surface area contributed by atoms with E-state index in [1.165, 1.54) is 103 Å². The maximum Gasteiger partial charge on any atom is 0.351 e. The van der Waals surface area contributed by atoms with E-state index in [1.54, 1.807) is 13.8 Å². The van der Waals surface area contributed by atoms with E-state index in [2.05, 4.69) is 60.7 Å². The molecule has 0 amide bonds. The Balaban J connectivity index is 1.19. The number of hydrogen-bond donors (Lipinski definition) is 1. The zero-order valence-corrected chi connectivity index (χ0v) is 32.4. The van der Waals surface area contributed by atoms with Crippen molar-refractivity contribution < 1.29 is 19.1 Å². The molecule has 0 radical (unpaired) electrons. The Morgan fingerprint density at radius 3 is 2.24 bits per heavy atom. The third-order valence-electron chi connectivity index (χ3n) is 10.1. The molecule has 9 heteroatoms. The van der Waals surface area contributed by atoms with Crippen LogP contribution < -0.4 is 5.35 Å². The molecule has 6 heterocycles. The van der Waals surface area contributed by atoms with Crippen molar-refractivity contribution in [2.24, 2.45) is 0 Å². The van der Waals surface area contributed by atoms with Crippen LogP contribution in [0, 0.1) is 6.92 Å². The van der Waals surface area contributed by atoms with Crippen LogP contribution in [0.3, 0.4) is 0 Å². The summed E-state index contributed by atoms with van der Waals surface area (Å²) < 4.78 is 16.4. The van der Waals surface area contributed by atoms with Crippen molar-refractivity contribution in [3.05, 3.63) is 64.3 Å². The van der Waals surface area contributed by atoms with E-state index in [0.717, 1.165) is 33.8 Å². The Morgan fingerprint density at radius 2 is 1.47 bits per heavy atom. The standard InChI is InChI=1S/C42H44N2O4S3/c1-6-8-10-12-15-25-22-30-38(49-25)39-31(44(30)20-13-11-9-7-2)23-33(51-39)37-24(3)21-32(50-37)26-18-19-29-34-27(26)16-14-17-28(34)36(43-29)35-40(45)47-42(4,5)48-41(35)46/h14,16-19,21-23,43H,6-13,15,20H2,1-5H3. The van der Waals surface area contributed by atoms with Crippen molar-refractivity contribution in [3.63, 3.8) is 0 Å². The number of cyclic esters (lactones) is 2. The lowest BCUT2D eigenvalue weighted by Gasteiger charge is -2.29. The number of esters is 2. The molecule has 0 spiro atoms. The fourth-order valence-corrected chi connectivity index (χ4v) is 11.5. The molecule has 51 heavy (non-hydrogen) atoms. The normalized spacial score (nSPS) is 14.9. The summed E-state index contributed by atoms with van der Waals surface area (Å²) in [6.07, 6.45) is 11.4. The smallest absolute Gasteiger partial charge is 0.351 e. The van der Waals surface area contributed by atoms with Gasteiger partial charge in [0.15, 0.2) is 5.57 Å². The van der Waals surface area contributed by atoms with Gasteiger partial charge < -0.3 is 19.0 Å². The van der Waals surface area contributed by atoms with Crippen molar-refractivity contribution in [1.82, 2.24) is 9.55 Å². The monoisotopic (exact) mass is 736 g/mol. The summed E-state index contributed by atoms with van der Waals surface area (Å²) in [5.41, 5.74) is 5.96. The van der Waals surface area contributed by atoms with Gasteiger partial charge in [-0.1, -0.05) is 76.6 Å². The molecule has 0 saturated carbocycles. The van der Waals surface area contributed by atoms with Gasteiger partial charge in [0.05, 0.1) is 25.8 Å². The molecule has 1 fully saturated rings. The minimum atomic E-state index is -1.30. The lowest BCUT2D eigenvalue weighted by Crippen LogP contribution is -2.43. The molecule has 5 aromatic heterocycles. The molecule has 0 atom stereocenters. The van der Waals surface area contributed by atoms with Gasteiger partial charge in [0, 0.05) is 56.2 Å². The second-order valence-corrected chi connectivity index (χ2v) is 17.6. The molecule has 0 unspecified atom stereocenters. The van der Waals surface area contributed by atoms with E-state index < -0.39 is 17.7 Å². The number of H-pyrrole nitrogens is 1. The topological polar surface area (TPSA) is 73.3 Å². The fraction of sp³-hybridized carbons (Fsp3) is 0.381. The summed E-state index contributed by atoms with van der Waals surface area (Å²) in [5.74, 6) is -2.65. The number of ether oxygens (including phenoxy) is 2. The van der Waals surface area contributed by atoms with Gasteiger partial charge in [-0.3, -0.25) is 0 Å². The highest BCUT2D eigenvalue weighted by molar-refractivity contribution is 7.31. The van der Waals surface area contributed by atoms with Gasteiger partial charge in [-0.15, -0.1) is 34.0 Å². The highest BCUT2D eigenvalue weighted by Gasteiger charge is 2.40. The van der Waals surface area contributed by atoms with Crippen molar-refractivity contribution >= 4 is 93.6 Å². The second kappa shape index (κ2) is 13.6. The molecular formula is C42H44N2O4S3. The Morgan fingerprint density at radius 1 is 0.765 bits per heavy atom. The maximum absolute atomic E-state index is 13.0. The van der Waals surface area contributed by atoms with Gasteiger partial charge in [-0.05, 0) is 67.0 Å². The number of rotatable bonds is 12. The quantitative estimate of drug-likeness (QED) is 0.100. The lowest BCUT2D eigenvalue weighted by molar-refractivity contribution is -0.217. The molecule has 7 aromatic rings. The third kappa shape index (κ3) is 6.11. The van der Waals surface area contributed by atoms with E-state index in [-0.39, 0.29) is 5.57 Å². The maximum atomic E-state index is 13.0. The number of carbonyl (C=O) groups excluding carboxylic acids is 2. The van der Waals surface area contributed by atoms with Gasteiger partial charge in [0.2, 0.25) is 0 Å². The number of unbranched alkanes of at least 4 members (excludes halogenated alkanes) is 6. The van der Waals surface area contributed by atoms with Gasteiger partial charge in [-0.25, -0.2) is 9.59 Å². The van der Waals surface area contributed by atoms with Crippen LogP contribution in [-0.4, -0.2) is 27.3 Å². The molecule has 0 bridgehead atoms. The van der Waals surface area contributed by atoms with Gasteiger partial charge in [0.1, 0.15) is 0 Å². The molecule has 1 aliphatic rings. The number of thiophene rings is 3. The minimum Gasteiger partial charge on any atom is -0.419 e. The largest absolute Gasteiger partial charge is 0.419 e. The predicted molar refractivity (Wildman–Crippen MR) is 215 cm³/mol. The van der Waals surface area contributed by atoms with Gasteiger partial charge in [-0.2, -0.15) is 0 Å². The highest BCUT2D eigenvalue weighted by Crippen LogP contribution is 2.48. The first-order chi connectivity index (χ1) is 24.7. The summed E-state index contributed by atoms with van der Waals surface area (Å²) in [6, 6.07) is 17.5. The van der Waals surface area contributed by atoms with Crippen molar-refractivity contribution in [2.45, 2.75) is 105 Å². The van der Waals surface area contributed by atoms with Crippen LogP contribution >= 0.6 is 34.0 Å². The molecule has 1 aliphatic heterocycles. The number of hydrogen-bond acceptors (Lipinski definition) is 7. The highest BCUT2D eigenvalue weighted by atomic mass is 32.1. The molecule has 1 N–H and O–H groups in total. The molecule has 2 aromatic carbocycles. The molecule has 6 nitrogen and oxygen atoms in total. The van der Waals surface area contributed by atoms with Crippen LogP contribution in [0.5, 0.6) is 0 Å². The number of benzene rings is 2. The number of nitrogens with zero attached hydrogens (tertiary/aromatic N) is 1. The Hall–Kier alpha value is -3.92. The van der Waals surface area contributed by atoms with Crippen LogP contribution in [0.4, 0.5) is 0 Å². The minimum absolute atomic E-state index is 0.100. The zero-order chi connectivity index (χ0) is 35.4. The number of fused-ring (bicyclic) bond motifs is 3. The zero-order valence-electron chi connectivity index (χ0n) is 30.0. The first-order valence-electron chi connectivity index (χ1n) is 18.4. The SMILES string of the molecule is CCCCCCc1cc2c(s1)c1sc(-c3sc(-c4ccc5[nH]c(=C6C(=O)OC(C)(C)OC6=O)c6cccc4c56)cc3C)cc1n2CCCCCC. The van der Waals surface area contributed by atoms with E-state index in [9.17, 15) is 9.59 Å². The summed E-state index contributed by atoms with van der Waals surface area (Å²) in [7, 11) is 0. The second-order valence-electron chi connectivity index (χ2n) is 14.3. The number of nitrogens with one attached hydrogen (secondary N) is 1. The van der Waals surface area contributed by atoms with Crippen molar-refractivity contribution in [3.8, 4) is 20.2 Å². The molecule has 264 valence electrons. The number of aromatic amines is 1. The number of aromatic nitrogens is 2. The first kappa shape index (κ1) is 34.2.